The third kappa shape index (κ3) is 5.24. The number of carbonyl (C=O) groups excluding carboxylic acids is 2. The summed E-state index contributed by atoms with van der Waals surface area (Å²) in [6.45, 7) is 0.222. The Bertz CT molecular complexity index is 1560. The van der Waals surface area contributed by atoms with Crippen LogP contribution in [0.25, 0.3) is 16.9 Å². The molecule has 0 saturated heterocycles. The standard InChI is InChI=1S/C26H19ClFN7O2/c27-20-11-21(28)19(22-8-4-5-9-30-22)10-18(20)25(36)33-24-12-23(26(37)31-14-16-13-29-15-32-16)34-35(24)17-6-2-1-3-7-17/h1-13,15H,14H2,(H,29,32)(H,31,37)(H,33,36). The summed E-state index contributed by atoms with van der Waals surface area (Å²) in [4.78, 5) is 37.0. The van der Waals surface area contributed by atoms with E-state index in [1.54, 1.807) is 48.7 Å². The highest BCUT2D eigenvalue weighted by molar-refractivity contribution is 6.34. The summed E-state index contributed by atoms with van der Waals surface area (Å²) in [5.41, 5.74) is 1.94. The molecule has 3 aromatic heterocycles. The lowest BCUT2D eigenvalue weighted by Gasteiger charge is -2.11. The molecule has 5 aromatic rings. The first-order valence-electron chi connectivity index (χ1n) is 11.1. The van der Waals surface area contributed by atoms with E-state index >= 15 is 0 Å². The SMILES string of the molecule is O=C(NCc1cnc[nH]1)c1cc(NC(=O)c2cc(-c3ccccn3)c(F)cc2Cl)n(-c2ccccc2)n1. The first-order chi connectivity index (χ1) is 18.0. The quantitative estimate of drug-likeness (QED) is 0.292. The number of para-hydroxylation sites is 1. The minimum absolute atomic E-state index is 0.0368. The molecule has 0 aliphatic carbocycles. The summed E-state index contributed by atoms with van der Waals surface area (Å²) in [5, 5.41) is 9.82. The molecule has 2 amide bonds. The van der Waals surface area contributed by atoms with Gasteiger partial charge in [0.15, 0.2) is 5.69 Å². The molecule has 2 aromatic carbocycles. The van der Waals surface area contributed by atoms with Gasteiger partial charge in [-0.2, -0.15) is 5.10 Å². The van der Waals surface area contributed by atoms with Gasteiger partial charge >= 0.3 is 0 Å². The summed E-state index contributed by atoms with van der Waals surface area (Å²) in [6, 6.07) is 17.9. The van der Waals surface area contributed by atoms with Crippen LogP contribution in [-0.4, -0.2) is 36.5 Å². The van der Waals surface area contributed by atoms with Crippen LogP contribution in [-0.2, 0) is 6.54 Å². The third-order valence-electron chi connectivity index (χ3n) is 5.42. The van der Waals surface area contributed by atoms with Crippen LogP contribution in [0.5, 0.6) is 0 Å². The van der Waals surface area contributed by atoms with Crippen molar-refractivity contribution in [2.24, 2.45) is 0 Å². The molecule has 0 saturated carbocycles. The maximum absolute atomic E-state index is 14.6. The number of rotatable bonds is 7. The van der Waals surface area contributed by atoms with Crippen LogP contribution in [0.1, 0.15) is 26.5 Å². The van der Waals surface area contributed by atoms with Gasteiger partial charge < -0.3 is 15.6 Å². The Kier molecular flexibility index (Phi) is 6.73. The molecule has 11 heteroatoms. The number of H-pyrrole nitrogens is 1. The number of hydrogen-bond acceptors (Lipinski definition) is 5. The minimum Gasteiger partial charge on any atom is -0.347 e. The van der Waals surface area contributed by atoms with Crippen molar-refractivity contribution < 1.29 is 14.0 Å². The van der Waals surface area contributed by atoms with E-state index in [2.05, 4.69) is 30.7 Å². The Morgan fingerprint density at radius 1 is 1.03 bits per heavy atom. The maximum atomic E-state index is 14.6. The van der Waals surface area contributed by atoms with Gasteiger partial charge in [0.1, 0.15) is 11.6 Å². The molecule has 3 heterocycles. The Labute approximate surface area is 215 Å². The molecule has 184 valence electrons. The van der Waals surface area contributed by atoms with E-state index in [1.165, 1.54) is 29.3 Å². The minimum atomic E-state index is -0.608. The van der Waals surface area contributed by atoms with Crippen molar-refractivity contribution in [1.82, 2.24) is 30.0 Å². The number of amides is 2. The third-order valence-corrected chi connectivity index (χ3v) is 5.73. The summed E-state index contributed by atoms with van der Waals surface area (Å²) < 4.78 is 16.1. The van der Waals surface area contributed by atoms with Crippen LogP contribution in [0.2, 0.25) is 5.02 Å². The summed E-state index contributed by atoms with van der Waals surface area (Å²) >= 11 is 6.24. The van der Waals surface area contributed by atoms with Crippen molar-refractivity contribution in [3.8, 4) is 16.9 Å². The van der Waals surface area contributed by atoms with Crippen LogP contribution in [0, 0.1) is 5.82 Å². The molecular formula is C26H19ClFN7O2. The van der Waals surface area contributed by atoms with Gasteiger partial charge in [-0.05, 0) is 36.4 Å². The van der Waals surface area contributed by atoms with Crippen LogP contribution in [0.15, 0.2) is 85.5 Å². The number of aromatic nitrogens is 5. The predicted molar refractivity (Wildman–Crippen MR) is 136 cm³/mol. The molecule has 0 atom stereocenters. The second kappa shape index (κ2) is 10.4. The van der Waals surface area contributed by atoms with Crippen molar-refractivity contribution in [2.75, 3.05) is 5.32 Å². The van der Waals surface area contributed by atoms with Crippen LogP contribution in [0.3, 0.4) is 0 Å². The topological polar surface area (TPSA) is 118 Å². The van der Waals surface area contributed by atoms with Crippen molar-refractivity contribution in [2.45, 2.75) is 6.54 Å². The zero-order valence-electron chi connectivity index (χ0n) is 19.2. The Morgan fingerprint density at radius 3 is 2.57 bits per heavy atom. The molecular weight excluding hydrogens is 497 g/mol. The van der Waals surface area contributed by atoms with E-state index in [4.69, 9.17) is 11.6 Å². The lowest BCUT2D eigenvalue weighted by Crippen LogP contribution is -2.23. The average molecular weight is 516 g/mol. The normalized spacial score (nSPS) is 10.8. The van der Waals surface area contributed by atoms with E-state index in [9.17, 15) is 14.0 Å². The summed E-state index contributed by atoms with van der Waals surface area (Å²) in [7, 11) is 0. The van der Waals surface area contributed by atoms with Gasteiger partial charge in [0.25, 0.3) is 11.8 Å². The molecule has 5 rings (SSSR count). The zero-order chi connectivity index (χ0) is 25.8. The average Bonchev–Trinajstić information content (AvgIpc) is 3.59. The highest BCUT2D eigenvalue weighted by Crippen LogP contribution is 2.28. The van der Waals surface area contributed by atoms with E-state index in [-0.39, 0.29) is 34.2 Å². The fourth-order valence-electron chi connectivity index (χ4n) is 3.62. The van der Waals surface area contributed by atoms with Crippen LogP contribution >= 0.6 is 11.6 Å². The molecule has 0 bridgehead atoms. The van der Waals surface area contributed by atoms with Crippen LogP contribution in [0.4, 0.5) is 10.2 Å². The number of nitrogens with zero attached hydrogens (tertiary/aromatic N) is 4. The first-order valence-corrected chi connectivity index (χ1v) is 11.5. The largest absolute Gasteiger partial charge is 0.347 e. The van der Waals surface area contributed by atoms with E-state index < -0.39 is 17.6 Å². The van der Waals surface area contributed by atoms with Crippen molar-refractivity contribution in [1.29, 1.82) is 0 Å². The van der Waals surface area contributed by atoms with Crippen molar-refractivity contribution in [3.05, 3.63) is 113 Å². The van der Waals surface area contributed by atoms with E-state index in [0.29, 0.717) is 11.4 Å². The fraction of sp³-hybridized carbons (Fsp3) is 0.0385. The van der Waals surface area contributed by atoms with Crippen molar-refractivity contribution in [3.63, 3.8) is 0 Å². The summed E-state index contributed by atoms with van der Waals surface area (Å²) in [6.07, 6.45) is 4.64. The maximum Gasteiger partial charge on any atom is 0.272 e. The molecule has 0 aliphatic heterocycles. The highest BCUT2D eigenvalue weighted by atomic mass is 35.5. The molecule has 0 aliphatic rings. The van der Waals surface area contributed by atoms with Gasteiger partial charge in [-0.25, -0.2) is 14.1 Å². The lowest BCUT2D eigenvalue weighted by molar-refractivity contribution is 0.0944. The molecule has 0 radical (unpaired) electrons. The second-order valence-electron chi connectivity index (χ2n) is 7.90. The molecule has 0 unspecified atom stereocenters. The highest BCUT2D eigenvalue weighted by Gasteiger charge is 2.21. The van der Waals surface area contributed by atoms with E-state index in [1.807, 2.05) is 6.07 Å². The van der Waals surface area contributed by atoms with Crippen molar-refractivity contribution >= 4 is 29.2 Å². The molecule has 37 heavy (non-hydrogen) atoms. The zero-order valence-corrected chi connectivity index (χ0v) is 19.9. The molecule has 0 spiro atoms. The number of imidazole rings is 1. The first kappa shape index (κ1) is 23.9. The van der Waals surface area contributed by atoms with Gasteiger partial charge in [-0.3, -0.25) is 14.6 Å². The lowest BCUT2D eigenvalue weighted by atomic mass is 10.1. The number of aromatic amines is 1. The smallest absolute Gasteiger partial charge is 0.272 e. The van der Waals surface area contributed by atoms with Crippen LogP contribution < -0.4 is 10.6 Å². The monoisotopic (exact) mass is 515 g/mol. The number of anilines is 1. The summed E-state index contributed by atoms with van der Waals surface area (Å²) in [5.74, 6) is -1.44. The number of hydrogen-bond donors (Lipinski definition) is 3. The Morgan fingerprint density at radius 2 is 1.84 bits per heavy atom. The fourth-order valence-corrected chi connectivity index (χ4v) is 3.86. The van der Waals surface area contributed by atoms with Gasteiger partial charge in [0.2, 0.25) is 0 Å². The number of benzene rings is 2. The number of halogens is 2. The number of nitrogens with one attached hydrogen (secondary N) is 3. The van der Waals surface area contributed by atoms with Gasteiger partial charge in [-0.1, -0.05) is 35.9 Å². The second-order valence-corrected chi connectivity index (χ2v) is 8.31. The number of carbonyl (C=O) groups is 2. The van der Waals surface area contributed by atoms with Gasteiger partial charge in [-0.15, -0.1) is 0 Å². The number of pyridine rings is 1. The van der Waals surface area contributed by atoms with Gasteiger partial charge in [0.05, 0.1) is 40.5 Å². The molecule has 0 fully saturated rings. The Hall–Kier alpha value is -4.83. The predicted octanol–water partition coefficient (Wildman–Crippen LogP) is 4.63. The Balaban J connectivity index is 1.46. The van der Waals surface area contributed by atoms with E-state index in [0.717, 1.165) is 11.8 Å². The van der Waals surface area contributed by atoms with Gasteiger partial charge in [0, 0.05) is 24.0 Å². The molecule has 9 nitrogen and oxygen atoms in total. The molecule has 3 N–H and O–H groups in total.